The van der Waals surface area contributed by atoms with E-state index >= 15 is 0 Å². The second-order valence-electron chi connectivity index (χ2n) is 3.35. The Kier molecular flexibility index (Phi) is 3.30. The SMILES string of the molecule is Cc1nc(NC(=O)c2cncnc2)ccc1Cl. The number of nitrogens with one attached hydrogen (secondary N) is 1. The molecule has 0 fully saturated rings. The fourth-order valence-electron chi connectivity index (χ4n) is 1.22. The topological polar surface area (TPSA) is 67.8 Å². The van der Waals surface area contributed by atoms with E-state index in [9.17, 15) is 4.79 Å². The van der Waals surface area contributed by atoms with E-state index in [1.807, 2.05) is 0 Å². The molecule has 86 valence electrons. The molecule has 0 aromatic carbocycles. The monoisotopic (exact) mass is 248 g/mol. The van der Waals surface area contributed by atoms with Crippen molar-refractivity contribution in [2.75, 3.05) is 5.32 Å². The van der Waals surface area contributed by atoms with Gasteiger partial charge in [0.25, 0.3) is 5.91 Å². The van der Waals surface area contributed by atoms with E-state index in [1.165, 1.54) is 18.7 Å². The molecule has 17 heavy (non-hydrogen) atoms. The van der Waals surface area contributed by atoms with Crippen LogP contribution in [0.3, 0.4) is 0 Å². The first kappa shape index (κ1) is 11.5. The van der Waals surface area contributed by atoms with Gasteiger partial charge in [-0.25, -0.2) is 15.0 Å². The maximum absolute atomic E-state index is 11.7. The van der Waals surface area contributed by atoms with E-state index in [4.69, 9.17) is 11.6 Å². The van der Waals surface area contributed by atoms with Gasteiger partial charge < -0.3 is 5.32 Å². The van der Waals surface area contributed by atoms with Crippen LogP contribution in [0, 0.1) is 6.92 Å². The summed E-state index contributed by atoms with van der Waals surface area (Å²) in [5, 5.41) is 3.20. The van der Waals surface area contributed by atoms with E-state index in [-0.39, 0.29) is 5.91 Å². The quantitative estimate of drug-likeness (QED) is 0.884. The van der Waals surface area contributed by atoms with Crippen LogP contribution in [-0.4, -0.2) is 20.9 Å². The largest absolute Gasteiger partial charge is 0.306 e. The van der Waals surface area contributed by atoms with Crippen molar-refractivity contribution >= 4 is 23.3 Å². The molecule has 2 rings (SSSR count). The van der Waals surface area contributed by atoms with Gasteiger partial charge in [0.15, 0.2) is 0 Å². The van der Waals surface area contributed by atoms with Crippen LogP contribution in [0.25, 0.3) is 0 Å². The average Bonchev–Trinajstić information content (AvgIpc) is 2.35. The van der Waals surface area contributed by atoms with Gasteiger partial charge in [0.05, 0.1) is 16.3 Å². The van der Waals surface area contributed by atoms with Gasteiger partial charge in [-0.1, -0.05) is 11.6 Å². The van der Waals surface area contributed by atoms with E-state index in [0.717, 1.165) is 0 Å². The number of aromatic nitrogens is 3. The molecular formula is C11H9ClN4O. The van der Waals surface area contributed by atoms with Crippen molar-refractivity contribution in [3.8, 4) is 0 Å². The lowest BCUT2D eigenvalue weighted by molar-refractivity contribution is 0.102. The zero-order chi connectivity index (χ0) is 12.3. The molecule has 0 bridgehead atoms. The highest BCUT2D eigenvalue weighted by Gasteiger charge is 2.07. The van der Waals surface area contributed by atoms with Gasteiger partial charge in [0, 0.05) is 12.4 Å². The number of amides is 1. The van der Waals surface area contributed by atoms with E-state index in [1.54, 1.807) is 19.1 Å². The molecule has 0 aliphatic carbocycles. The van der Waals surface area contributed by atoms with Crippen molar-refractivity contribution in [3.63, 3.8) is 0 Å². The molecular weight excluding hydrogens is 240 g/mol. The Morgan fingerprint density at radius 3 is 2.65 bits per heavy atom. The maximum atomic E-state index is 11.7. The minimum atomic E-state index is -0.306. The molecule has 2 heterocycles. The maximum Gasteiger partial charge on any atom is 0.259 e. The van der Waals surface area contributed by atoms with E-state index in [0.29, 0.717) is 22.1 Å². The Bertz CT molecular complexity index is 544. The van der Waals surface area contributed by atoms with Crippen molar-refractivity contribution in [2.24, 2.45) is 0 Å². The number of carbonyl (C=O) groups excluding carboxylic acids is 1. The number of anilines is 1. The molecule has 2 aromatic rings. The third-order valence-corrected chi connectivity index (χ3v) is 2.49. The van der Waals surface area contributed by atoms with E-state index < -0.39 is 0 Å². The smallest absolute Gasteiger partial charge is 0.259 e. The molecule has 5 nitrogen and oxygen atoms in total. The lowest BCUT2D eigenvalue weighted by atomic mass is 10.3. The minimum absolute atomic E-state index is 0.306. The predicted octanol–water partition coefficient (Wildman–Crippen LogP) is 2.09. The van der Waals surface area contributed by atoms with Crippen molar-refractivity contribution in [1.82, 2.24) is 15.0 Å². The molecule has 2 aromatic heterocycles. The second kappa shape index (κ2) is 4.88. The normalized spacial score (nSPS) is 10.0. The Morgan fingerprint density at radius 2 is 2.00 bits per heavy atom. The molecule has 6 heteroatoms. The van der Waals surface area contributed by atoms with Gasteiger partial charge in [-0.3, -0.25) is 4.79 Å². The molecule has 0 radical (unpaired) electrons. The number of halogens is 1. The first-order valence-corrected chi connectivity index (χ1v) is 5.24. The molecule has 0 saturated heterocycles. The van der Waals surface area contributed by atoms with Crippen molar-refractivity contribution in [3.05, 3.63) is 47.1 Å². The second-order valence-corrected chi connectivity index (χ2v) is 3.75. The molecule has 0 saturated carbocycles. The van der Waals surface area contributed by atoms with Crippen LogP contribution in [0.5, 0.6) is 0 Å². The molecule has 0 spiro atoms. The lowest BCUT2D eigenvalue weighted by Gasteiger charge is -2.05. The number of pyridine rings is 1. The van der Waals surface area contributed by atoms with Crippen LogP contribution in [0.4, 0.5) is 5.82 Å². The summed E-state index contributed by atoms with van der Waals surface area (Å²) in [6, 6.07) is 3.32. The third-order valence-electron chi connectivity index (χ3n) is 2.09. The van der Waals surface area contributed by atoms with Crippen LogP contribution >= 0.6 is 11.6 Å². The molecule has 1 N–H and O–H groups in total. The Balaban J connectivity index is 2.16. The van der Waals surface area contributed by atoms with Gasteiger partial charge >= 0.3 is 0 Å². The summed E-state index contributed by atoms with van der Waals surface area (Å²) in [6.07, 6.45) is 4.23. The fraction of sp³-hybridized carbons (Fsp3) is 0.0909. The first-order valence-electron chi connectivity index (χ1n) is 4.86. The fourth-order valence-corrected chi connectivity index (χ4v) is 1.32. The van der Waals surface area contributed by atoms with Crippen LogP contribution in [-0.2, 0) is 0 Å². The molecule has 0 unspecified atom stereocenters. The van der Waals surface area contributed by atoms with Crippen LogP contribution in [0.15, 0.2) is 30.9 Å². The number of hydrogen-bond acceptors (Lipinski definition) is 4. The van der Waals surface area contributed by atoms with Gasteiger partial charge in [0.2, 0.25) is 0 Å². The number of nitrogens with zero attached hydrogens (tertiary/aromatic N) is 3. The first-order chi connectivity index (χ1) is 8.16. The number of carbonyl (C=O) groups is 1. The van der Waals surface area contributed by atoms with Gasteiger partial charge in [0.1, 0.15) is 12.1 Å². The van der Waals surface area contributed by atoms with Crippen LogP contribution in [0.1, 0.15) is 16.1 Å². The van der Waals surface area contributed by atoms with Gasteiger partial charge in [-0.15, -0.1) is 0 Å². The van der Waals surface area contributed by atoms with Gasteiger partial charge in [-0.05, 0) is 19.1 Å². The third kappa shape index (κ3) is 2.76. The van der Waals surface area contributed by atoms with Crippen molar-refractivity contribution in [1.29, 1.82) is 0 Å². The number of rotatable bonds is 2. The average molecular weight is 249 g/mol. The summed E-state index contributed by atoms with van der Waals surface area (Å²) in [5.41, 5.74) is 1.04. The summed E-state index contributed by atoms with van der Waals surface area (Å²) < 4.78 is 0. The summed E-state index contributed by atoms with van der Waals surface area (Å²) in [7, 11) is 0. The molecule has 1 amide bonds. The highest BCUT2D eigenvalue weighted by atomic mass is 35.5. The summed E-state index contributed by atoms with van der Waals surface area (Å²) in [6.45, 7) is 1.77. The van der Waals surface area contributed by atoms with Crippen LogP contribution in [0.2, 0.25) is 5.02 Å². The molecule has 0 aliphatic rings. The number of aryl methyl sites for hydroxylation is 1. The van der Waals surface area contributed by atoms with Gasteiger partial charge in [-0.2, -0.15) is 0 Å². The molecule has 0 atom stereocenters. The predicted molar refractivity (Wildman–Crippen MR) is 64.0 cm³/mol. The highest BCUT2D eigenvalue weighted by molar-refractivity contribution is 6.31. The Hall–Kier alpha value is -2.01. The van der Waals surface area contributed by atoms with Crippen LogP contribution < -0.4 is 5.32 Å². The zero-order valence-corrected chi connectivity index (χ0v) is 9.77. The van der Waals surface area contributed by atoms with Crippen molar-refractivity contribution < 1.29 is 4.79 Å². The standard InChI is InChI=1S/C11H9ClN4O/c1-7-9(12)2-3-10(15-7)16-11(17)8-4-13-6-14-5-8/h2-6H,1H3,(H,15,16,17). The Labute approximate surface area is 103 Å². The summed E-state index contributed by atoms with van der Waals surface area (Å²) in [5.74, 6) is 0.139. The summed E-state index contributed by atoms with van der Waals surface area (Å²) >= 11 is 5.84. The molecule has 0 aliphatic heterocycles. The minimum Gasteiger partial charge on any atom is -0.306 e. The highest BCUT2D eigenvalue weighted by Crippen LogP contribution is 2.15. The lowest BCUT2D eigenvalue weighted by Crippen LogP contribution is -2.13. The Morgan fingerprint density at radius 1 is 1.29 bits per heavy atom. The zero-order valence-electron chi connectivity index (χ0n) is 9.01. The summed E-state index contributed by atoms with van der Waals surface area (Å²) in [4.78, 5) is 23.4. The number of hydrogen-bond donors (Lipinski definition) is 1. The van der Waals surface area contributed by atoms with Crippen molar-refractivity contribution in [2.45, 2.75) is 6.92 Å². The van der Waals surface area contributed by atoms with E-state index in [2.05, 4.69) is 20.3 Å².